The van der Waals surface area contributed by atoms with Crippen LogP contribution in [0.5, 0.6) is 0 Å². The van der Waals surface area contributed by atoms with Gasteiger partial charge in [-0.1, -0.05) is 0 Å². The molecule has 5 heteroatoms. The Bertz CT molecular complexity index is 380. The largest absolute Gasteiger partial charge is 0.298 e. The van der Waals surface area contributed by atoms with E-state index in [2.05, 4.69) is 44.5 Å². The van der Waals surface area contributed by atoms with Gasteiger partial charge in [0.1, 0.15) is 6.33 Å². The first-order chi connectivity index (χ1) is 9.43. The van der Waals surface area contributed by atoms with Crippen LogP contribution in [0.25, 0.3) is 0 Å². The number of thioether (sulfide) groups is 2. The van der Waals surface area contributed by atoms with E-state index in [9.17, 15) is 0 Å². The van der Waals surface area contributed by atoms with Crippen LogP contribution >= 0.6 is 23.5 Å². The third-order valence-electron chi connectivity index (χ3n) is 3.98. The summed E-state index contributed by atoms with van der Waals surface area (Å²) >= 11 is 4.25. The summed E-state index contributed by atoms with van der Waals surface area (Å²) in [6.45, 7) is 2.45. The van der Waals surface area contributed by atoms with Crippen LogP contribution in [0.4, 0.5) is 0 Å². The number of piperidine rings is 1. The van der Waals surface area contributed by atoms with Crippen LogP contribution in [0.1, 0.15) is 24.5 Å². The van der Waals surface area contributed by atoms with Crippen LogP contribution in [-0.2, 0) is 0 Å². The average molecular weight is 295 g/mol. The third kappa shape index (κ3) is 3.64. The van der Waals surface area contributed by atoms with E-state index < -0.39 is 0 Å². The number of hydrogen-bond acceptors (Lipinski definition) is 5. The number of hydrogen-bond donors (Lipinski definition) is 0. The summed E-state index contributed by atoms with van der Waals surface area (Å²) < 4.78 is 0. The van der Waals surface area contributed by atoms with Crippen molar-refractivity contribution in [2.24, 2.45) is 0 Å². The van der Waals surface area contributed by atoms with Crippen LogP contribution in [0.15, 0.2) is 18.6 Å². The van der Waals surface area contributed by atoms with Gasteiger partial charge in [0.25, 0.3) is 0 Å². The highest BCUT2D eigenvalue weighted by molar-refractivity contribution is 8.03. The molecule has 2 aliphatic heterocycles. The van der Waals surface area contributed by atoms with Gasteiger partial charge in [-0.05, 0) is 25.5 Å². The Kier molecular flexibility index (Phi) is 5.02. The number of likely N-dealkylation sites (tertiary alicyclic amines) is 1. The zero-order valence-electron chi connectivity index (χ0n) is 11.2. The highest BCUT2D eigenvalue weighted by Crippen LogP contribution is 2.29. The maximum absolute atomic E-state index is 4.45. The van der Waals surface area contributed by atoms with Crippen molar-refractivity contribution in [3.8, 4) is 0 Å². The van der Waals surface area contributed by atoms with Gasteiger partial charge >= 0.3 is 0 Å². The maximum atomic E-state index is 4.45. The number of nitrogens with zero attached hydrogens (tertiary/aromatic N) is 3. The zero-order valence-corrected chi connectivity index (χ0v) is 12.8. The molecule has 1 atom stereocenters. The van der Waals surface area contributed by atoms with Gasteiger partial charge in [-0.3, -0.25) is 4.90 Å². The summed E-state index contributed by atoms with van der Waals surface area (Å²) in [5.41, 5.74) is 1.23. The molecular weight excluding hydrogens is 274 g/mol. The lowest BCUT2D eigenvalue weighted by molar-refractivity contribution is 0.171. The summed E-state index contributed by atoms with van der Waals surface area (Å²) in [6.07, 6.45) is 6.14. The molecule has 104 valence electrons. The molecule has 0 radical (unpaired) electrons. The van der Waals surface area contributed by atoms with E-state index >= 15 is 0 Å². The lowest BCUT2D eigenvalue weighted by Gasteiger charge is -2.37. The molecule has 2 fully saturated rings. The summed E-state index contributed by atoms with van der Waals surface area (Å²) in [5, 5.41) is 0. The van der Waals surface area contributed by atoms with Crippen LogP contribution in [0, 0.1) is 0 Å². The normalized spacial score (nSPS) is 27.1. The van der Waals surface area contributed by atoms with Crippen molar-refractivity contribution < 1.29 is 0 Å². The maximum Gasteiger partial charge on any atom is 0.115 e. The standard InChI is InChI=1S/C14H21N3S2/c1-2-12(14-3-4-15-11-16-14)8-17(5-1)13-9-18-6-7-19-10-13/h3-4,11-13H,1-2,5-10H2. The fraction of sp³-hybridized carbons (Fsp3) is 0.714. The molecule has 1 aromatic heterocycles. The molecule has 0 spiro atoms. The fourth-order valence-corrected chi connectivity index (χ4v) is 5.56. The van der Waals surface area contributed by atoms with E-state index in [1.54, 1.807) is 6.33 Å². The molecule has 0 aromatic carbocycles. The van der Waals surface area contributed by atoms with Gasteiger partial charge in [0.2, 0.25) is 0 Å². The van der Waals surface area contributed by atoms with Gasteiger partial charge in [-0.2, -0.15) is 23.5 Å². The molecule has 0 N–H and O–H groups in total. The molecule has 19 heavy (non-hydrogen) atoms. The lowest BCUT2D eigenvalue weighted by Crippen LogP contribution is -2.44. The molecule has 0 aliphatic carbocycles. The van der Waals surface area contributed by atoms with E-state index in [1.165, 1.54) is 54.6 Å². The molecular formula is C14H21N3S2. The van der Waals surface area contributed by atoms with Crippen molar-refractivity contribution in [3.05, 3.63) is 24.3 Å². The molecule has 0 amide bonds. The second kappa shape index (κ2) is 6.95. The zero-order chi connectivity index (χ0) is 12.9. The van der Waals surface area contributed by atoms with E-state index in [4.69, 9.17) is 0 Å². The summed E-state index contributed by atoms with van der Waals surface area (Å²) in [7, 11) is 0. The van der Waals surface area contributed by atoms with Crippen LogP contribution in [0.3, 0.4) is 0 Å². The van der Waals surface area contributed by atoms with Crippen molar-refractivity contribution in [2.75, 3.05) is 36.1 Å². The number of aromatic nitrogens is 2. The highest BCUT2D eigenvalue weighted by Gasteiger charge is 2.28. The molecule has 3 heterocycles. The van der Waals surface area contributed by atoms with Gasteiger partial charge in [0.05, 0.1) is 0 Å². The Morgan fingerprint density at radius 1 is 1.21 bits per heavy atom. The third-order valence-corrected chi connectivity index (χ3v) is 6.47. The minimum atomic E-state index is 0.606. The van der Waals surface area contributed by atoms with Crippen molar-refractivity contribution >= 4 is 23.5 Å². The molecule has 1 aromatic rings. The second-order valence-corrected chi connectivity index (χ2v) is 7.57. The van der Waals surface area contributed by atoms with Crippen molar-refractivity contribution in [3.63, 3.8) is 0 Å². The summed E-state index contributed by atoms with van der Waals surface area (Å²) in [4.78, 5) is 11.2. The smallest absolute Gasteiger partial charge is 0.115 e. The summed E-state index contributed by atoms with van der Waals surface area (Å²) in [5.74, 6) is 5.87. The van der Waals surface area contributed by atoms with Crippen molar-refractivity contribution in [1.82, 2.24) is 14.9 Å². The minimum absolute atomic E-state index is 0.606. The molecule has 3 rings (SSSR count). The van der Waals surface area contributed by atoms with Gasteiger partial charge in [0, 0.05) is 53.4 Å². The topological polar surface area (TPSA) is 29.0 Å². The van der Waals surface area contributed by atoms with Crippen LogP contribution < -0.4 is 0 Å². The average Bonchev–Trinajstić information content (AvgIpc) is 2.77. The molecule has 0 saturated carbocycles. The predicted molar refractivity (Wildman–Crippen MR) is 84.0 cm³/mol. The lowest BCUT2D eigenvalue weighted by atomic mass is 9.94. The van der Waals surface area contributed by atoms with Gasteiger partial charge in [-0.15, -0.1) is 0 Å². The quantitative estimate of drug-likeness (QED) is 0.836. The first-order valence-corrected chi connectivity index (χ1v) is 9.40. The molecule has 0 bridgehead atoms. The van der Waals surface area contributed by atoms with E-state index in [0.717, 1.165) is 6.04 Å². The van der Waals surface area contributed by atoms with E-state index in [0.29, 0.717) is 5.92 Å². The molecule has 1 unspecified atom stereocenters. The Hall–Kier alpha value is -0.260. The van der Waals surface area contributed by atoms with Gasteiger partial charge in [0.15, 0.2) is 0 Å². The first-order valence-electron chi connectivity index (χ1n) is 7.09. The van der Waals surface area contributed by atoms with Crippen molar-refractivity contribution in [1.29, 1.82) is 0 Å². The molecule has 2 saturated heterocycles. The Labute approximate surface area is 124 Å². The Morgan fingerprint density at radius 2 is 2.05 bits per heavy atom. The Balaban J connectivity index is 1.64. The Morgan fingerprint density at radius 3 is 2.79 bits per heavy atom. The first kappa shape index (κ1) is 13.7. The van der Waals surface area contributed by atoms with Crippen LogP contribution in [-0.4, -0.2) is 57.0 Å². The van der Waals surface area contributed by atoms with E-state index in [-0.39, 0.29) is 0 Å². The van der Waals surface area contributed by atoms with Gasteiger partial charge < -0.3 is 0 Å². The van der Waals surface area contributed by atoms with E-state index in [1.807, 2.05) is 6.20 Å². The fourth-order valence-electron chi connectivity index (χ4n) is 2.94. The monoisotopic (exact) mass is 295 g/mol. The van der Waals surface area contributed by atoms with Crippen molar-refractivity contribution in [2.45, 2.75) is 24.8 Å². The second-order valence-electron chi connectivity index (χ2n) is 5.27. The van der Waals surface area contributed by atoms with Gasteiger partial charge in [-0.25, -0.2) is 9.97 Å². The highest BCUT2D eigenvalue weighted by atomic mass is 32.2. The summed E-state index contributed by atoms with van der Waals surface area (Å²) in [6, 6.07) is 2.85. The molecule has 2 aliphatic rings. The number of rotatable bonds is 2. The predicted octanol–water partition coefficient (Wildman–Crippen LogP) is 2.50. The minimum Gasteiger partial charge on any atom is -0.298 e. The molecule has 3 nitrogen and oxygen atoms in total. The van der Waals surface area contributed by atoms with Crippen LogP contribution in [0.2, 0.25) is 0 Å². The SMILES string of the molecule is c1cc(C2CCCN(C3CSCCSC3)C2)ncn1.